The fraction of sp³-hybridized carbons (Fsp3) is 0.429. The number of Topliss-reactive ketones (excluding diaryl/α,β-unsaturated/α-hetero) is 1. The van der Waals surface area contributed by atoms with Crippen LogP contribution in [0.2, 0.25) is 0 Å². The summed E-state index contributed by atoms with van der Waals surface area (Å²) >= 11 is 0. The van der Waals surface area contributed by atoms with Crippen LogP contribution in [0.15, 0.2) is 24.3 Å². The summed E-state index contributed by atoms with van der Waals surface area (Å²) in [6.07, 6.45) is 0.673. The lowest BCUT2D eigenvalue weighted by molar-refractivity contribution is -0.141. The quantitative estimate of drug-likeness (QED) is 0.424. The van der Waals surface area contributed by atoms with E-state index in [1.54, 1.807) is 31.2 Å². The number of esters is 1. The number of rotatable bonds is 7. The molecule has 0 radical (unpaired) electrons. The molecule has 0 heterocycles. The fourth-order valence-corrected chi connectivity index (χ4v) is 1.42. The van der Waals surface area contributed by atoms with Crippen molar-refractivity contribution < 1.29 is 19.1 Å². The molecule has 18 heavy (non-hydrogen) atoms. The normalized spacial score (nSPS) is 9.89. The molecule has 0 atom stereocenters. The first-order valence-corrected chi connectivity index (χ1v) is 6.09. The largest absolute Gasteiger partial charge is 0.494 e. The predicted molar refractivity (Wildman–Crippen MR) is 67.8 cm³/mol. The zero-order valence-corrected chi connectivity index (χ0v) is 10.8. The second kappa shape index (κ2) is 7.48. The molecule has 4 heteroatoms. The molecule has 0 N–H and O–H groups in total. The third kappa shape index (κ3) is 4.57. The van der Waals surface area contributed by atoms with E-state index < -0.39 is 5.97 Å². The number of ketones is 1. The van der Waals surface area contributed by atoms with Gasteiger partial charge < -0.3 is 9.47 Å². The average Bonchev–Trinajstić information content (AvgIpc) is 2.37. The molecular formula is C14H18O4. The van der Waals surface area contributed by atoms with Crippen molar-refractivity contribution in [3.8, 4) is 5.75 Å². The lowest BCUT2D eigenvalue weighted by Gasteiger charge is -2.06. The first-order chi connectivity index (χ1) is 8.67. The number of carbonyl (C=O) groups excluding carboxylic acids is 2. The molecule has 0 saturated heterocycles. The summed E-state index contributed by atoms with van der Waals surface area (Å²) in [4.78, 5) is 23.0. The molecule has 0 aliphatic rings. The zero-order valence-electron chi connectivity index (χ0n) is 10.8. The SMILES string of the molecule is CCCOc1cccc(C(=O)CC(=O)OCC)c1. The molecule has 0 amide bonds. The van der Waals surface area contributed by atoms with Crippen molar-refractivity contribution in [3.05, 3.63) is 29.8 Å². The highest BCUT2D eigenvalue weighted by atomic mass is 16.5. The number of ether oxygens (including phenoxy) is 2. The van der Waals surface area contributed by atoms with Gasteiger partial charge in [0.1, 0.15) is 12.2 Å². The molecule has 0 bridgehead atoms. The van der Waals surface area contributed by atoms with Crippen LogP contribution in [0, 0.1) is 0 Å². The van der Waals surface area contributed by atoms with Gasteiger partial charge in [0.25, 0.3) is 0 Å². The maximum Gasteiger partial charge on any atom is 0.313 e. The number of hydrogen-bond donors (Lipinski definition) is 0. The first-order valence-electron chi connectivity index (χ1n) is 6.09. The van der Waals surface area contributed by atoms with E-state index in [1.807, 2.05) is 6.92 Å². The van der Waals surface area contributed by atoms with E-state index >= 15 is 0 Å². The molecular weight excluding hydrogens is 232 g/mol. The maximum atomic E-state index is 11.8. The third-order valence-corrected chi connectivity index (χ3v) is 2.24. The highest BCUT2D eigenvalue weighted by Crippen LogP contribution is 2.15. The van der Waals surface area contributed by atoms with E-state index in [2.05, 4.69) is 0 Å². The van der Waals surface area contributed by atoms with Gasteiger partial charge in [0.15, 0.2) is 5.78 Å². The highest BCUT2D eigenvalue weighted by molar-refractivity contribution is 6.06. The average molecular weight is 250 g/mol. The van der Waals surface area contributed by atoms with Gasteiger partial charge in [0, 0.05) is 5.56 Å². The molecule has 0 spiro atoms. The second-order valence-electron chi connectivity index (χ2n) is 3.78. The van der Waals surface area contributed by atoms with Gasteiger partial charge in [-0.25, -0.2) is 0 Å². The Bertz CT molecular complexity index is 412. The Labute approximate surface area is 107 Å². The van der Waals surface area contributed by atoms with E-state index in [1.165, 1.54) is 0 Å². The van der Waals surface area contributed by atoms with Crippen LogP contribution in [0.25, 0.3) is 0 Å². The molecule has 1 rings (SSSR count). The molecule has 0 aliphatic carbocycles. The Balaban J connectivity index is 2.64. The van der Waals surface area contributed by atoms with Crippen LogP contribution in [-0.4, -0.2) is 25.0 Å². The van der Waals surface area contributed by atoms with Gasteiger partial charge in [-0.05, 0) is 25.5 Å². The van der Waals surface area contributed by atoms with Crippen LogP contribution in [0.5, 0.6) is 5.75 Å². The van der Waals surface area contributed by atoms with Crippen LogP contribution in [0.3, 0.4) is 0 Å². The molecule has 1 aromatic rings. The summed E-state index contributed by atoms with van der Waals surface area (Å²) in [6.45, 7) is 4.61. The Morgan fingerprint density at radius 2 is 2.00 bits per heavy atom. The summed E-state index contributed by atoms with van der Waals surface area (Å²) in [5.41, 5.74) is 0.469. The van der Waals surface area contributed by atoms with Gasteiger partial charge in [0.2, 0.25) is 0 Å². The summed E-state index contributed by atoms with van der Waals surface area (Å²) in [5.74, 6) is -0.107. The molecule has 0 fully saturated rings. The highest BCUT2D eigenvalue weighted by Gasteiger charge is 2.13. The van der Waals surface area contributed by atoms with E-state index in [0.717, 1.165) is 6.42 Å². The Morgan fingerprint density at radius 1 is 1.22 bits per heavy atom. The third-order valence-electron chi connectivity index (χ3n) is 2.24. The van der Waals surface area contributed by atoms with Crippen molar-refractivity contribution in [2.75, 3.05) is 13.2 Å². The fourth-order valence-electron chi connectivity index (χ4n) is 1.42. The first kappa shape index (κ1) is 14.2. The minimum absolute atomic E-state index is 0.231. The van der Waals surface area contributed by atoms with Gasteiger partial charge in [-0.3, -0.25) is 9.59 Å². The zero-order chi connectivity index (χ0) is 13.4. The van der Waals surface area contributed by atoms with E-state index in [9.17, 15) is 9.59 Å². The maximum absolute atomic E-state index is 11.8. The van der Waals surface area contributed by atoms with Gasteiger partial charge in [-0.15, -0.1) is 0 Å². The summed E-state index contributed by atoms with van der Waals surface area (Å²) in [5, 5.41) is 0. The summed E-state index contributed by atoms with van der Waals surface area (Å²) in [6, 6.07) is 6.85. The van der Waals surface area contributed by atoms with Crippen molar-refractivity contribution in [3.63, 3.8) is 0 Å². The van der Waals surface area contributed by atoms with Crippen molar-refractivity contribution in [1.29, 1.82) is 0 Å². The van der Waals surface area contributed by atoms with Crippen molar-refractivity contribution in [1.82, 2.24) is 0 Å². The molecule has 0 aliphatic heterocycles. The smallest absolute Gasteiger partial charge is 0.313 e. The van der Waals surface area contributed by atoms with Gasteiger partial charge in [-0.2, -0.15) is 0 Å². The van der Waals surface area contributed by atoms with Crippen molar-refractivity contribution in [2.24, 2.45) is 0 Å². The standard InChI is InChI=1S/C14H18O4/c1-3-8-18-12-7-5-6-11(9-12)13(15)10-14(16)17-4-2/h5-7,9H,3-4,8,10H2,1-2H3. The van der Waals surface area contributed by atoms with E-state index in [0.29, 0.717) is 17.9 Å². The predicted octanol–water partition coefficient (Wildman–Crippen LogP) is 2.61. The minimum atomic E-state index is -0.498. The van der Waals surface area contributed by atoms with Gasteiger partial charge in [0.05, 0.1) is 13.2 Å². The minimum Gasteiger partial charge on any atom is -0.494 e. The van der Waals surface area contributed by atoms with Crippen LogP contribution in [0.4, 0.5) is 0 Å². The Morgan fingerprint density at radius 3 is 2.67 bits per heavy atom. The van der Waals surface area contributed by atoms with Gasteiger partial charge >= 0.3 is 5.97 Å². The van der Waals surface area contributed by atoms with Crippen LogP contribution in [-0.2, 0) is 9.53 Å². The molecule has 0 saturated carbocycles. The van der Waals surface area contributed by atoms with Crippen molar-refractivity contribution >= 4 is 11.8 Å². The molecule has 98 valence electrons. The second-order valence-corrected chi connectivity index (χ2v) is 3.78. The molecule has 0 unspecified atom stereocenters. The molecule has 0 aromatic heterocycles. The lowest BCUT2D eigenvalue weighted by atomic mass is 10.1. The number of hydrogen-bond acceptors (Lipinski definition) is 4. The summed E-state index contributed by atoms with van der Waals surface area (Å²) in [7, 11) is 0. The summed E-state index contributed by atoms with van der Waals surface area (Å²) < 4.78 is 10.2. The van der Waals surface area contributed by atoms with Crippen LogP contribution >= 0.6 is 0 Å². The molecule has 1 aromatic carbocycles. The number of benzene rings is 1. The van der Waals surface area contributed by atoms with Gasteiger partial charge in [-0.1, -0.05) is 19.1 Å². The van der Waals surface area contributed by atoms with E-state index in [-0.39, 0.29) is 18.8 Å². The van der Waals surface area contributed by atoms with Crippen LogP contribution < -0.4 is 4.74 Å². The number of carbonyl (C=O) groups is 2. The van der Waals surface area contributed by atoms with E-state index in [4.69, 9.17) is 9.47 Å². The Hall–Kier alpha value is -1.84. The lowest BCUT2D eigenvalue weighted by Crippen LogP contribution is -2.11. The monoisotopic (exact) mass is 250 g/mol. The van der Waals surface area contributed by atoms with Crippen LogP contribution in [0.1, 0.15) is 37.0 Å². The Kier molecular flexibility index (Phi) is 5.91. The molecule has 4 nitrogen and oxygen atoms in total. The van der Waals surface area contributed by atoms with Crippen molar-refractivity contribution in [2.45, 2.75) is 26.7 Å². The topological polar surface area (TPSA) is 52.6 Å².